The second kappa shape index (κ2) is 9.45. The number of carbonyl (C=O) groups excluding carboxylic acids is 1. The number of benzene rings is 2. The average molecular weight is 415 g/mol. The van der Waals surface area contributed by atoms with Crippen LogP contribution < -0.4 is 10.6 Å². The summed E-state index contributed by atoms with van der Waals surface area (Å²) < 4.78 is 5.45. The Morgan fingerprint density at radius 1 is 1.19 bits per heavy atom. The summed E-state index contributed by atoms with van der Waals surface area (Å²) in [7, 11) is 1.97. The molecule has 0 bridgehead atoms. The molecule has 158 valence electrons. The number of nitrogens with zero attached hydrogens (tertiary/aromatic N) is 3. The third kappa shape index (κ3) is 4.60. The maximum Gasteiger partial charge on any atom is 0.351 e. The van der Waals surface area contributed by atoms with E-state index in [0.717, 1.165) is 42.9 Å². The standard InChI is InChI=1S/C24H25N5O2/c1-26-18-11-13-29(14-12-18)23-22(27-20-9-5-6-10-21(20)28-23)19(15-25)24(30)31-16-17-7-3-2-4-8-17/h2-10,18,26-27H,11-14,16H2,1H3/b22-19-. The molecule has 2 aromatic rings. The highest BCUT2D eigenvalue weighted by atomic mass is 16.5. The molecule has 2 aromatic carbocycles. The average Bonchev–Trinajstić information content (AvgIpc) is 2.83. The van der Waals surface area contributed by atoms with Crippen molar-refractivity contribution in [3.63, 3.8) is 0 Å². The third-order valence-corrected chi connectivity index (χ3v) is 5.60. The molecule has 0 saturated carbocycles. The lowest BCUT2D eigenvalue weighted by Crippen LogP contribution is -2.46. The molecule has 2 aliphatic heterocycles. The summed E-state index contributed by atoms with van der Waals surface area (Å²) in [5.74, 6) is -0.0486. The number of aliphatic imine (C=N–C) groups is 1. The van der Waals surface area contributed by atoms with Gasteiger partial charge in [-0.25, -0.2) is 9.79 Å². The molecule has 1 fully saturated rings. The zero-order valence-corrected chi connectivity index (χ0v) is 17.5. The van der Waals surface area contributed by atoms with Crippen LogP contribution in [0.5, 0.6) is 0 Å². The van der Waals surface area contributed by atoms with Gasteiger partial charge in [0.2, 0.25) is 0 Å². The molecule has 0 atom stereocenters. The Hall–Kier alpha value is -3.63. The lowest BCUT2D eigenvalue weighted by atomic mass is 10.0. The van der Waals surface area contributed by atoms with Crippen LogP contribution in [0.3, 0.4) is 0 Å². The van der Waals surface area contributed by atoms with Crippen LogP contribution in [0.4, 0.5) is 11.4 Å². The maximum atomic E-state index is 12.9. The fourth-order valence-electron chi connectivity index (χ4n) is 3.82. The first-order chi connectivity index (χ1) is 15.2. The van der Waals surface area contributed by atoms with Crippen LogP contribution in [-0.2, 0) is 16.1 Å². The van der Waals surface area contributed by atoms with Gasteiger partial charge in [0.15, 0.2) is 11.4 Å². The predicted molar refractivity (Wildman–Crippen MR) is 120 cm³/mol. The molecule has 0 aromatic heterocycles. The van der Waals surface area contributed by atoms with Crippen LogP contribution in [0, 0.1) is 11.3 Å². The summed E-state index contributed by atoms with van der Waals surface area (Å²) >= 11 is 0. The fourth-order valence-corrected chi connectivity index (χ4v) is 3.82. The van der Waals surface area contributed by atoms with Crippen molar-refractivity contribution in [2.24, 2.45) is 4.99 Å². The van der Waals surface area contributed by atoms with Crippen LogP contribution in [0.25, 0.3) is 0 Å². The summed E-state index contributed by atoms with van der Waals surface area (Å²) in [5, 5.41) is 16.4. The quantitative estimate of drug-likeness (QED) is 0.452. The van der Waals surface area contributed by atoms with Crippen molar-refractivity contribution < 1.29 is 9.53 Å². The third-order valence-electron chi connectivity index (χ3n) is 5.60. The molecule has 0 radical (unpaired) electrons. The van der Waals surface area contributed by atoms with Crippen LogP contribution in [-0.4, -0.2) is 42.9 Å². The minimum atomic E-state index is -0.661. The highest BCUT2D eigenvalue weighted by molar-refractivity contribution is 6.12. The number of hydrogen-bond acceptors (Lipinski definition) is 7. The number of nitrogens with one attached hydrogen (secondary N) is 2. The van der Waals surface area contributed by atoms with Crippen molar-refractivity contribution in [3.05, 3.63) is 71.4 Å². The highest BCUT2D eigenvalue weighted by Crippen LogP contribution is 2.33. The van der Waals surface area contributed by atoms with E-state index in [9.17, 15) is 10.1 Å². The van der Waals surface area contributed by atoms with E-state index >= 15 is 0 Å². The largest absolute Gasteiger partial charge is 0.457 e. The molecule has 0 unspecified atom stereocenters. The van der Waals surface area contributed by atoms with E-state index in [0.29, 0.717) is 17.6 Å². The van der Waals surface area contributed by atoms with Gasteiger partial charge in [0.05, 0.1) is 11.4 Å². The Morgan fingerprint density at radius 3 is 2.61 bits per heavy atom. The maximum absolute atomic E-state index is 12.9. The molecule has 0 spiro atoms. The second-order valence-corrected chi connectivity index (χ2v) is 7.55. The molecule has 2 N–H and O–H groups in total. The number of nitriles is 1. The number of ether oxygens (including phenoxy) is 1. The Morgan fingerprint density at radius 2 is 1.90 bits per heavy atom. The van der Waals surface area contributed by atoms with Gasteiger partial charge in [-0.3, -0.25) is 0 Å². The molecule has 7 nitrogen and oxygen atoms in total. The first kappa shape index (κ1) is 20.6. The Bertz CT molecular complexity index is 1050. The van der Waals surface area contributed by atoms with Gasteiger partial charge in [-0.2, -0.15) is 5.26 Å². The molecule has 1 saturated heterocycles. The second-order valence-electron chi connectivity index (χ2n) is 7.55. The number of anilines is 1. The van der Waals surface area contributed by atoms with Gasteiger partial charge in [0.1, 0.15) is 18.4 Å². The number of esters is 1. The monoisotopic (exact) mass is 415 g/mol. The minimum absolute atomic E-state index is 0.0695. The Labute approximate surface area is 182 Å². The molecular weight excluding hydrogens is 390 g/mol. The molecule has 0 aliphatic carbocycles. The van der Waals surface area contributed by atoms with E-state index in [-0.39, 0.29) is 12.2 Å². The molecule has 31 heavy (non-hydrogen) atoms. The van der Waals surface area contributed by atoms with Crippen molar-refractivity contribution in [2.75, 3.05) is 25.5 Å². The molecule has 7 heteroatoms. The highest BCUT2D eigenvalue weighted by Gasteiger charge is 2.30. The van der Waals surface area contributed by atoms with Crippen LogP contribution in [0.2, 0.25) is 0 Å². The van der Waals surface area contributed by atoms with E-state index in [1.54, 1.807) is 0 Å². The van der Waals surface area contributed by atoms with E-state index in [1.807, 2.05) is 61.6 Å². The van der Waals surface area contributed by atoms with Gasteiger partial charge < -0.3 is 20.3 Å². The first-order valence-electron chi connectivity index (χ1n) is 10.4. The predicted octanol–water partition coefficient (Wildman–Crippen LogP) is 3.35. The number of likely N-dealkylation sites (tertiary alicyclic amines) is 1. The van der Waals surface area contributed by atoms with E-state index in [4.69, 9.17) is 9.73 Å². The first-order valence-corrected chi connectivity index (χ1v) is 10.4. The van der Waals surface area contributed by atoms with Gasteiger partial charge in [0.25, 0.3) is 0 Å². The zero-order valence-electron chi connectivity index (χ0n) is 17.5. The van der Waals surface area contributed by atoms with Crippen LogP contribution in [0.15, 0.2) is 70.9 Å². The van der Waals surface area contributed by atoms with Crippen molar-refractivity contribution in [1.29, 1.82) is 5.26 Å². The summed E-state index contributed by atoms with van der Waals surface area (Å²) in [6, 6.07) is 19.5. The molecular formula is C24H25N5O2. The number of hydrogen-bond donors (Lipinski definition) is 2. The molecule has 2 heterocycles. The Balaban J connectivity index is 1.64. The summed E-state index contributed by atoms with van der Waals surface area (Å²) in [5.41, 5.74) is 2.74. The van der Waals surface area contributed by atoms with Crippen LogP contribution >= 0.6 is 0 Å². The lowest BCUT2D eigenvalue weighted by molar-refractivity contribution is -0.139. The Kier molecular flexibility index (Phi) is 6.29. The normalized spacial score (nSPS) is 17.7. The van der Waals surface area contributed by atoms with Gasteiger partial charge in [-0.05, 0) is 37.6 Å². The van der Waals surface area contributed by atoms with Crippen molar-refractivity contribution in [3.8, 4) is 6.07 Å². The summed E-state index contributed by atoms with van der Waals surface area (Å²) in [6.07, 6.45) is 1.93. The van der Waals surface area contributed by atoms with E-state index < -0.39 is 5.97 Å². The van der Waals surface area contributed by atoms with E-state index in [2.05, 4.69) is 21.6 Å². The van der Waals surface area contributed by atoms with Gasteiger partial charge in [0, 0.05) is 19.1 Å². The summed E-state index contributed by atoms with van der Waals surface area (Å²) in [4.78, 5) is 19.8. The number of para-hydroxylation sites is 2. The number of carbonyl (C=O) groups is 1. The van der Waals surface area contributed by atoms with Gasteiger partial charge in [-0.15, -0.1) is 0 Å². The van der Waals surface area contributed by atoms with Crippen molar-refractivity contribution in [2.45, 2.75) is 25.5 Å². The van der Waals surface area contributed by atoms with Crippen molar-refractivity contribution >= 4 is 23.2 Å². The summed E-state index contributed by atoms with van der Waals surface area (Å²) in [6.45, 7) is 1.68. The van der Waals surface area contributed by atoms with Crippen LogP contribution in [0.1, 0.15) is 18.4 Å². The SMILES string of the molecule is CNC1CCN(C2=Nc3ccccc3N/C2=C(/C#N)C(=O)OCc2ccccc2)CC1. The minimum Gasteiger partial charge on any atom is -0.457 e. The lowest BCUT2D eigenvalue weighted by Gasteiger charge is -2.36. The van der Waals surface area contributed by atoms with Gasteiger partial charge >= 0.3 is 5.97 Å². The van der Waals surface area contributed by atoms with Gasteiger partial charge in [-0.1, -0.05) is 42.5 Å². The number of amidine groups is 1. The molecule has 4 rings (SSSR count). The zero-order chi connectivity index (χ0) is 21.6. The molecule has 2 aliphatic rings. The van der Waals surface area contributed by atoms with E-state index in [1.165, 1.54) is 0 Å². The molecule has 0 amide bonds. The van der Waals surface area contributed by atoms with Crippen molar-refractivity contribution in [1.82, 2.24) is 10.2 Å². The number of rotatable bonds is 4. The smallest absolute Gasteiger partial charge is 0.351 e. The number of piperidine rings is 1. The topological polar surface area (TPSA) is 89.8 Å². The fraction of sp³-hybridized carbons (Fsp3) is 0.292. The number of fused-ring (bicyclic) bond motifs is 1.